The van der Waals surface area contributed by atoms with Gasteiger partial charge in [0.05, 0.1) is 6.61 Å². The number of nitrogens with one attached hydrogen (secondary N) is 1. The van der Waals surface area contributed by atoms with Gasteiger partial charge in [0.15, 0.2) is 0 Å². The molecule has 2 fully saturated rings. The monoisotopic (exact) mass is 226 g/mol. The number of ether oxygens (including phenoxy) is 1. The summed E-state index contributed by atoms with van der Waals surface area (Å²) < 4.78 is 5.35. The van der Waals surface area contributed by atoms with Crippen molar-refractivity contribution in [1.82, 2.24) is 10.2 Å². The van der Waals surface area contributed by atoms with E-state index in [9.17, 15) is 4.79 Å². The highest BCUT2D eigenvalue weighted by Gasteiger charge is 2.25. The summed E-state index contributed by atoms with van der Waals surface area (Å²) in [6.45, 7) is 7.49. The molecule has 1 unspecified atom stereocenters. The maximum Gasteiger partial charge on any atom is 0.222 e. The minimum absolute atomic E-state index is 0.320. The first kappa shape index (κ1) is 11.9. The molecule has 0 aliphatic carbocycles. The fourth-order valence-electron chi connectivity index (χ4n) is 2.32. The number of amides is 1. The Kier molecular flexibility index (Phi) is 4.18. The van der Waals surface area contributed by atoms with Crippen LogP contribution in [0.15, 0.2) is 0 Å². The lowest BCUT2D eigenvalue weighted by Crippen LogP contribution is -2.46. The quantitative estimate of drug-likeness (QED) is 0.741. The largest absolute Gasteiger partial charge is 0.381 e. The second-order valence-corrected chi connectivity index (χ2v) is 4.89. The SMILES string of the molecule is CCN(CC1CCOC1)C(=O)CC1CNC1. The molecular weight excluding hydrogens is 204 g/mol. The van der Waals surface area contributed by atoms with Gasteiger partial charge in [0, 0.05) is 32.0 Å². The Hall–Kier alpha value is -0.610. The molecule has 2 aliphatic heterocycles. The topological polar surface area (TPSA) is 41.6 Å². The lowest BCUT2D eigenvalue weighted by atomic mass is 9.98. The molecule has 0 spiro atoms. The molecule has 2 rings (SSSR count). The molecule has 4 nitrogen and oxygen atoms in total. The molecule has 2 aliphatic rings. The summed E-state index contributed by atoms with van der Waals surface area (Å²) in [4.78, 5) is 14.0. The molecule has 16 heavy (non-hydrogen) atoms. The predicted molar refractivity (Wildman–Crippen MR) is 62.2 cm³/mol. The number of nitrogens with zero attached hydrogens (tertiary/aromatic N) is 1. The highest BCUT2D eigenvalue weighted by molar-refractivity contribution is 5.76. The van der Waals surface area contributed by atoms with Crippen LogP contribution in [0.5, 0.6) is 0 Å². The number of hydrogen-bond donors (Lipinski definition) is 1. The summed E-state index contributed by atoms with van der Waals surface area (Å²) in [5.74, 6) is 1.45. The van der Waals surface area contributed by atoms with Crippen molar-refractivity contribution in [3.63, 3.8) is 0 Å². The third kappa shape index (κ3) is 2.95. The average Bonchev–Trinajstić information content (AvgIpc) is 2.72. The summed E-state index contributed by atoms with van der Waals surface area (Å²) in [7, 11) is 0. The second kappa shape index (κ2) is 5.64. The van der Waals surface area contributed by atoms with Crippen LogP contribution in [0.25, 0.3) is 0 Å². The van der Waals surface area contributed by atoms with Crippen molar-refractivity contribution in [1.29, 1.82) is 0 Å². The Bertz CT molecular complexity index is 235. The third-order valence-electron chi connectivity index (χ3n) is 3.57. The fourth-order valence-corrected chi connectivity index (χ4v) is 2.32. The van der Waals surface area contributed by atoms with E-state index in [0.29, 0.717) is 24.2 Å². The lowest BCUT2D eigenvalue weighted by molar-refractivity contribution is -0.133. The predicted octanol–water partition coefficient (Wildman–Crippen LogP) is 0.481. The first-order valence-electron chi connectivity index (χ1n) is 6.35. The number of rotatable bonds is 5. The van der Waals surface area contributed by atoms with Crippen LogP contribution in [0.4, 0.5) is 0 Å². The van der Waals surface area contributed by atoms with Crippen LogP contribution in [0.2, 0.25) is 0 Å². The van der Waals surface area contributed by atoms with Gasteiger partial charge in [0.1, 0.15) is 0 Å². The second-order valence-electron chi connectivity index (χ2n) is 4.89. The lowest BCUT2D eigenvalue weighted by Gasteiger charge is -2.30. The van der Waals surface area contributed by atoms with Gasteiger partial charge in [-0.1, -0.05) is 0 Å². The Balaban J connectivity index is 1.75. The Morgan fingerprint density at radius 2 is 2.25 bits per heavy atom. The Morgan fingerprint density at radius 1 is 1.44 bits per heavy atom. The fraction of sp³-hybridized carbons (Fsp3) is 0.917. The normalized spacial score (nSPS) is 25.4. The van der Waals surface area contributed by atoms with E-state index in [1.165, 1.54) is 0 Å². The van der Waals surface area contributed by atoms with E-state index in [0.717, 1.165) is 45.8 Å². The number of hydrogen-bond acceptors (Lipinski definition) is 3. The molecule has 2 saturated heterocycles. The third-order valence-corrected chi connectivity index (χ3v) is 3.57. The Labute approximate surface area is 97.3 Å². The smallest absolute Gasteiger partial charge is 0.222 e. The van der Waals surface area contributed by atoms with Gasteiger partial charge in [-0.2, -0.15) is 0 Å². The van der Waals surface area contributed by atoms with E-state index in [-0.39, 0.29) is 0 Å². The van der Waals surface area contributed by atoms with Crippen LogP contribution in [-0.4, -0.2) is 50.2 Å². The van der Waals surface area contributed by atoms with E-state index in [2.05, 4.69) is 12.2 Å². The van der Waals surface area contributed by atoms with Crippen molar-refractivity contribution in [2.45, 2.75) is 19.8 Å². The van der Waals surface area contributed by atoms with Gasteiger partial charge in [-0.25, -0.2) is 0 Å². The van der Waals surface area contributed by atoms with Gasteiger partial charge in [-0.3, -0.25) is 4.79 Å². The summed E-state index contributed by atoms with van der Waals surface area (Å²) >= 11 is 0. The van der Waals surface area contributed by atoms with Crippen LogP contribution in [0.3, 0.4) is 0 Å². The first-order valence-corrected chi connectivity index (χ1v) is 6.35. The van der Waals surface area contributed by atoms with Crippen molar-refractivity contribution in [3.05, 3.63) is 0 Å². The van der Waals surface area contributed by atoms with Crippen LogP contribution >= 0.6 is 0 Å². The zero-order valence-electron chi connectivity index (χ0n) is 10.1. The zero-order chi connectivity index (χ0) is 11.4. The van der Waals surface area contributed by atoms with Crippen molar-refractivity contribution in [2.24, 2.45) is 11.8 Å². The molecule has 0 aromatic carbocycles. The number of carbonyl (C=O) groups excluding carboxylic acids is 1. The molecule has 1 atom stereocenters. The van der Waals surface area contributed by atoms with Gasteiger partial charge in [0.2, 0.25) is 5.91 Å². The highest BCUT2D eigenvalue weighted by atomic mass is 16.5. The average molecular weight is 226 g/mol. The molecule has 2 heterocycles. The van der Waals surface area contributed by atoms with Crippen molar-refractivity contribution in [3.8, 4) is 0 Å². The molecule has 0 radical (unpaired) electrons. The van der Waals surface area contributed by atoms with Gasteiger partial charge in [-0.05, 0) is 32.4 Å². The first-order chi connectivity index (χ1) is 7.79. The maximum atomic E-state index is 12.0. The molecule has 0 saturated carbocycles. The van der Waals surface area contributed by atoms with Gasteiger partial charge < -0.3 is 15.0 Å². The summed E-state index contributed by atoms with van der Waals surface area (Å²) in [5, 5.41) is 3.21. The van der Waals surface area contributed by atoms with E-state index in [1.807, 2.05) is 4.90 Å². The molecule has 0 aromatic heterocycles. The van der Waals surface area contributed by atoms with Gasteiger partial charge >= 0.3 is 0 Å². The summed E-state index contributed by atoms with van der Waals surface area (Å²) in [6.07, 6.45) is 1.82. The van der Waals surface area contributed by atoms with Gasteiger partial charge in [0.25, 0.3) is 0 Å². The standard InChI is InChI=1S/C12H22N2O2/c1-2-14(8-10-3-4-16-9-10)12(15)5-11-6-13-7-11/h10-11,13H,2-9H2,1H3. The van der Waals surface area contributed by atoms with Crippen LogP contribution in [0.1, 0.15) is 19.8 Å². The number of carbonyl (C=O) groups is 1. The van der Waals surface area contributed by atoms with Crippen molar-refractivity contribution < 1.29 is 9.53 Å². The Morgan fingerprint density at radius 3 is 2.75 bits per heavy atom. The highest BCUT2D eigenvalue weighted by Crippen LogP contribution is 2.16. The van der Waals surface area contributed by atoms with E-state index < -0.39 is 0 Å². The molecule has 0 aromatic rings. The molecule has 92 valence electrons. The van der Waals surface area contributed by atoms with E-state index >= 15 is 0 Å². The van der Waals surface area contributed by atoms with Crippen LogP contribution < -0.4 is 5.32 Å². The van der Waals surface area contributed by atoms with Crippen molar-refractivity contribution >= 4 is 5.91 Å². The molecule has 0 bridgehead atoms. The zero-order valence-corrected chi connectivity index (χ0v) is 10.1. The van der Waals surface area contributed by atoms with E-state index in [4.69, 9.17) is 4.74 Å². The molecular formula is C12H22N2O2. The minimum atomic E-state index is 0.320. The van der Waals surface area contributed by atoms with Crippen LogP contribution in [-0.2, 0) is 9.53 Å². The molecule has 1 N–H and O–H groups in total. The van der Waals surface area contributed by atoms with Gasteiger partial charge in [-0.15, -0.1) is 0 Å². The summed E-state index contributed by atoms with van der Waals surface area (Å²) in [5.41, 5.74) is 0. The molecule has 4 heteroatoms. The minimum Gasteiger partial charge on any atom is -0.381 e. The van der Waals surface area contributed by atoms with Crippen LogP contribution in [0, 0.1) is 11.8 Å². The maximum absolute atomic E-state index is 12.0. The van der Waals surface area contributed by atoms with Crippen molar-refractivity contribution in [2.75, 3.05) is 39.4 Å². The summed E-state index contributed by atoms with van der Waals surface area (Å²) in [6, 6.07) is 0. The van der Waals surface area contributed by atoms with E-state index in [1.54, 1.807) is 0 Å². The molecule has 1 amide bonds.